The molecule has 1 aliphatic heterocycles. The van der Waals surface area contributed by atoms with Gasteiger partial charge in [0.25, 0.3) is 0 Å². The number of piperazine rings is 1. The number of aromatic nitrogens is 1. The molecule has 0 atom stereocenters. The Morgan fingerprint density at radius 3 is 2.36 bits per heavy atom. The van der Waals surface area contributed by atoms with Gasteiger partial charge in [0.05, 0.1) is 16.6 Å². The molecule has 150 valence electrons. The molecule has 2 N–H and O–H groups in total. The van der Waals surface area contributed by atoms with Gasteiger partial charge in [-0.2, -0.15) is 0 Å². The van der Waals surface area contributed by atoms with E-state index in [0.29, 0.717) is 26.2 Å². The fourth-order valence-electron chi connectivity index (χ4n) is 3.86. The highest BCUT2D eigenvalue weighted by molar-refractivity contribution is 6.00. The van der Waals surface area contributed by atoms with Crippen LogP contribution in [0.4, 0.5) is 20.2 Å². The smallest absolute Gasteiger partial charge is 0.341 e. The lowest BCUT2D eigenvalue weighted by Crippen LogP contribution is -2.45. The van der Waals surface area contributed by atoms with Crippen molar-refractivity contribution in [2.24, 2.45) is 0 Å². The molecule has 1 aromatic carbocycles. The number of fused-ring (bicyclic) bond motifs is 1. The van der Waals surface area contributed by atoms with Crippen molar-refractivity contribution in [2.75, 3.05) is 50.5 Å². The zero-order valence-corrected chi connectivity index (χ0v) is 15.8. The molecular weight excluding hydrogens is 370 g/mol. The third-order valence-corrected chi connectivity index (χ3v) is 5.57. The van der Waals surface area contributed by atoms with Gasteiger partial charge in [-0.3, -0.25) is 4.79 Å². The van der Waals surface area contributed by atoms with Gasteiger partial charge in [0.2, 0.25) is 5.43 Å². The van der Waals surface area contributed by atoms with Crippen molar-refractivity contribution in [3.05, 3.63) is 33.6 Å². The molecule has 1 aliphatic carbocycles. The Kier molecular flexibility index (Phi) is 4.49. The minimum Gasteiger partial charge on any atom is -0.477 e. The number of hydrogen-bond donors (Lipinski definition) is 2. The second-order valence-electron chi connectivity index (χ2n) is 7.43. The first-order valence-corrected chi connectivity index (χ1v) is 9.29. The maximum Gasteiger partial charge on any atom is 0.341 e. The van der Waals surface area contributed by atoms with Crippen LogP contribution < -0.4 is 15.6 Å². The van der Waals surface area contributed by atoms with Crippen LogP contribution in [0.15, 0.2) is 11.0 Å². The Labute approximate surface area is 160 Å². The van der Waals surface area contributed by atoms with E-state index in [4.69, 9.17) is 0 Å². The lowest BCUT2D eigenvalue weighted by Gasteiger charge is -2.35. The van der Waals surface area contributed by atoms with Crippen molar-refractivity contribution in [1.29, 1.82) is 0 Å². The number of pyridine rings is 1. The van der Waals surface area contributed by atoms with Gasteiger partial charge in [0.15, 0.2) is 11.6 Å². The number of carbonyl (C=O) groups is 1. The molecule has 0 spiro atoms. The molecule has 9 heteroatoms. The predicted molar refractivity (Wildman–Crippen MR) is 103 cm³/mol. The number of hydrogen-bond acceptors (Lipinski definition) is 5. The van der Waals surface area contributed by atoms with Crippen molar-refractivity contribution < 1.29 is 18.7 Å². The summed E-state index contributed by atoms with van der Waals surface area (Å²) in [6.07, 6.45) is 2.71. The first-order valence-electron chi connectivity index (χ1n) is 9.29. The molecule has 2 fully saturated rings. The van der Waals surface area contributed by atoms with Gasteiger partial charge < -0.3 is 24.8 Å². The SMILES string of the molecule is CNc1c(F)c(N2CCN(C)CC2)c(F)c2c1c(=O)c(C(=O)O)cn2C1CC1. The number of aromatic carboxylic acids is 1. The van der Waals surface area contributed by atoms with Crippen molar-refractivity contribution in [1.82, 2.24) is 9.47 Å². The maximum absolute atomic E-state index is 15.7. The maximum atomic E-state index is 15.7. The third kappa shape index (κ3) is 2.81. The Bertz CT molecular complexity index is 1020. The molecule has 2 aliphatic rings. The summed E-state index contributed by atoms with van der Waals surface area (Å²) in [5.74, 6) is -3.08. The third-order valence-electron chi connectivity index (χ3n) is 5.57. The highest BCUT2D eigenvalue weighted by Crippen LogP contribution is 2.42. The molecule has 1 saturated heterocycles. The summed E-state index contributed by atoms with van der Waals surface area (Å²) in [4.78, 5) is 28.1. The molecule has 0 unspecified atom stereocenters. The van der Waals surface area contributed by atoms with Crippen LogP contribution in [0.3, 0.4) is 0 Å². The van der Waals surface area contributed by atoms with Crippen LogP contribution in [0.2, 0.25) is 0 Å². The van der Waals surface area contributed by atoms with Crippen LogP contribution >= 0.6 is 0 Å². The van der Waals surface area contributed by atoms with Gasteiger partial charge in [-0.15, -0.1) is 0 Å². The number of nitrogens with one attached hydrogen (secondary N) is 1. The Morgan fingerprint density at radius 2 is 1.82 bits per heavy atom. The average Bonchev–Trinajstić information content (AvgIpc) is 3.49. The summed E-state index contributed by atoms with van der Waals surface area (Å²) in [6, 6.07) is -0.0915. The molecular formula is C19H22F2N4O3. The minimum atomic E-state index is -1.41. The predicted octanol–water partition coefficient (Wildman–Crippen LogP) is 2.11. The first-order chi connectivity index (χ1) is 13.3. The molecule has 0 radical (unpaired) electrons. The van der Waals surface area contributed by atoms with Gasteiger partial charge in [-0.05, 0) is 19.9 Å². The van der Waals surface area contributed by atoms with Gasteiger partial charge >= 0.3 is 5.97 Å². The summed E-state index contributed by atoms with van der Waals surface area (Å²) >= 11 is 0. The molecule has 1 saturated carbocycles. The highest BCUT2D eigenvalue weighted by atomic mass is 19.1. The van der Waals surface area contributed by atoms with Gasteiger partial charge in [0.1, 0.15) is 11.3 Å². The van der Waals surface area contributed by atoms with E-state index in [9.17, 15) is 14.7 Å². The van der Waals surface area contributed by atoms with E-state index >= 15 is 8.78 Å². The lowest BCUT2D eigenvalue weighted by atomic mass is 10.1. The Balaban J connectivity index is 2.07. The number of anilines is 2. The molecule has 0 amide bonds. The second kappa shape index (κ2) is 6.73. The van der Waals surface area contributed by atoms with Crippen LogP contribution in [0.25, 0.3) is 10.9 Å². The molecule has 2 aromatic rings. The van der Waals surface area contributed by atoms with E-state index < -0.39 is 28.6 Å². The van der Waals surface area contributed by atoms with E-state index in [1.165, 1.54) is 17.8 Å². The number of carboxylic acids is 1. The van der Waals surface area contributed by atoms with E-state index in [-0.39, 0.29) is 28.3 Å². The Hall–Kier alpha value is -2.68. The van der Waals surface area contributed by atoms with E-state index in [0.717, 1.165) is 12.8 Å². The fourth-order valence-corrected chi connectivity index (χ4v) is 3.86. The zero-order valence-electron chi connectivity index (χ0n) is 15.8. The summed E-state index contributed by atoms with van der Waals surface area (Å²) < 4.78 is 32.5. The molecule has 4 rings (SSSR count). The van der Waals surface area contributed by atoms with Crippen molar-refractivity contribution in [3.63, 3.8) is 0 Å². The van der Waals surface area contributed by atoms with Crippen LogP contribution in [0.5, 0.6) is 0 Å². The molecule has 1 aromatic heterocycles. The number of nitrogens with zero attached hydrogens (tertiary/aromatic N) is 3. The number of halogens is 2. The lowest BCUT2D eigenvalue weighted by molar-refractivity contribution is 0.0695. The van der Waals surface area contributed by atoms with Gasteiger partial charge in [-0.1, -0.05) is 0 Å². The summed E-state index contributed by atoms with van der Waals surface area (Å²) in [6.45, 7) is 2.25. The van der Waals surface area contributed by atoms with Crippen molar-refractivity contribution in [2.45, 2.75) is 18.9 Å². The second-order valence-corrected chi connectivity index (χ2v) is 7.43. The Morgan fingerprint density at radius 1 is 1.18 bits per heavy atom. The molecule has 2 heterocycles. The summed E-state index contributed by atoms with van der Waals surface area (Å²) in [7, 11) is 3.39. The van der Waals surface area contributed by atoms with Gasteiger partial charge in [0, 0.05) is 45.5 Å². The minimum absolute atomic E-state index is 0.0304. The summed E-state index contributed by atoms with van der Waals surface area (Å²) in [5.41, 5.74) is -1.72. The molecule has 7 nitrogen and oxygen atoms in total. The topological polar surface area (TPSA) is 77.8 Å². The van der Waals surface area contributed by atoms with E-state index in [2.05, 4.69) is 10.2 Å². The van der Waals surface area contributed by atoms with E-state index in [1.807, 2.05) is 7.05 Å². The zero-order chi connectivity index (χ0) is 20.2. The normalized spacial score (nSPS) is 17.9. The molecule has 0 bridgehead atoms. The highest BCUT2D eigenvalue weighted by Gasteiger charge is 2.33. The van der Waals surface area contributed by atoms with Crippen molar-refractivity contribution in [3.8, 4) is 0 Å². The van der Waals surface area contributed by atoms with Gasteiger partial charge in [-0.25, -0.2) is 13.6 Å². The number of benzene rings is 1. The van der Waals surface area contributed by atoms with Crippen LogP contribution in [0, 0.1) is 11.6 Å². The van der Waals surface area contributed by atoms with E-state index in [1.54, 1.807) is 4.90 Å². The first kappa shape index (κ1) is 18.7. The quantitative estimate of drug-likeness (QED) is 0.830. The largest absolute Gasteiger partial charge is 0.477 e. The summed E-state index contributed by atoms with van der Waals surface area (Å²) in [5, 5.41) is 11.8. The van der Waals surface area contributed by atoms with Crippen LogP contribution in [-0.4, -0.2) is 60.8 Å². The molecule has 28 heavy (non-hydrogen) atoms. The average molecular weight is 392 g/mol. The number of rotatable bonds is 4. The van der Waals surface area contributed by atoms with Crippen molar-refractivity contribution >= 4 is 28.2 Å². The number of likely N-dealkylation sites (N-methyl/N-ethyl adjacent to an activating group) is 1. The van der Waals surface area contributed by atoms with Crippen LogP contribution in [-0.2, 0) is 0 Å². The standard InChI is InChI=1S/C19H22F2N4O3/c1-22-15-12-16(25(10-3-4-10)9-11(18(12)26)19(27)28)14(21)17(13(15)20)24-7-5-23(2)6-8-24/h9-10,22H,3-8H2,1-2H3,(H,27,28). The monoisotopic (exact) mass is 392 g/mol. The van der Waals surface area contributed by atoms with Crippen LogP contribution in [0.1, 0.15) is 29.2 Å². The number of carboxylic acid groups (broad SMARTS) is 1. The fraction of sp³-hybridized carbons (Fsp3) is 0.474.